The van der Waals surface area contributed by atoms with Crippen molar-refractivity contribution in [2.24, 2.45) is 0 Å². The highest BCUT2D eigenvalue weighted by molar-refractivity contribution is 5.40. The molecule has 112 valence electrons. The molecule has 0 aliphatic heterocycles. The van der Waals surface area contributed by atoms with Gasteiger partial charge in [-0.15, -0.1) is 0 Å². The Balaban J connectivity index is 2.05. The lowest BCUT2D eigenvalue weighted by Gasteiger charge is -2.09. The number of nitrogens with one attached hydrogen (secondary N) is 1. The first-order valence-electron chi connectivity index (χ1n) is 6.53. The molecule has 0 radical (unpaired) electrons. The maximum absolute atomic E-state index is 5.16. The van der Waals surface area contributed by atoms with Gasteiger partial charge in [0.1, 0.15) is 18.2 Å². The molecule has 1 aromatic carbocycles. The van der Waals surface area contributed by atoms with E-state index in [4.69, 9.17) is 14.2 Å². The standard InChI is InChI=1S/C15H19N3O3/c1-19-10-14-17-13(8-15(18-14)21-3)16-9-11-4-6-12(20-2)7-5-11/h4-8H,9-10H2,1-3H3,(H,16,17,18). The van der Waals surface area contributed by atoms with Crippen molar-refractivity contribution in [3.63, 3.8) is 0 Å². The Morgan fingerprint density at radius 3 is 2.38 bits per heavy atom. The van der Waals surface area contributed by atoms with Crippen LogP contribution in [0.4, 0.5) is 5.82 Å². The van der Waals surface area contributed by atoms with Crippen LogP contribution in [0, 0.1) is 0 Å². The third kappa shape index (κ3) is 4.32. The van der Waals surface area contributed by atoms with Gasteiger partial charge >= 0.3 is 0 Å². The normalized spacial score (nSPS) is 10.2. The number of aromatic nitrogens is 2. The molecule has 0 amide bonds. The number of rotatable bonds is 7. The Morgan fingerprint density at radius 1 is 1.00 bits per heavy atom. The fraction of sp³-hybridized carbons (Fsp3) is 0.333. The molecule has 0 atom stereocenters. The van der Waals surface area contributed by atoms with E-state index >= 15 is 0 Å². The number of hydrogen-bond acceptors (Lipinski definition) is 6. The van der Waals surface area contributed by atoms with Gasteiger partial charge in [-0.25, -0.2) is 4.98 Å². The summed E-state index contributed by atoms with van der Waals surface area (Å²) >= 11 is 0. The van der Waals surface area contributed by atoms with Crippen molar-refractivity contribution in [1.82, 2.24) is 9.97 Å². The summed E-state index contributed by atoms with van der Waals surface area (Å²) in [7, 11) is 4.83. The molecule has 0 saturated heterocycles. The molecule has 2 rings (SSSR count). The molecule has 0 saturated carbocycles. The van der Waals surface area contributed by atoms with Gasteiger partial charge in [0.2, 0.25) is 5.88 Å². The molecule has 1 aromatic heterocycles. The zero-order chi connectivity index (χ0) is 15.1. The van der Waals surface area contributed by atoms with Crippen molar-refractivity contribution in [2.75, 3.05) is 26.6 Å². The maximum Gasteiger partial charge on any atom is 0.218 e. The van der Waals surface area contributed by atoms with Gasteiger partial charge in [0.25, 0.3) is 0 Å². The van der Waals surface area contributed by atoms with E-state index in [9.17, 15) is 0 Å². The predicted molar refractivity (Wildman–Crippen MR) is 79.6 cm³/mol. The van der Waals surface area contributed by atoms with Crippen LogP contribution < -0.4 is 14.8 Å². The first kappa shape index (κ1) is 15.1. The van der Waals surface area contributed by atoms with Gasteiger partial charge in [0.05, 0.1) is 14.2 Å². The predicted octanol–water partition coefficient (Wildman–Crippen LogP) is 2.25. The van der Waals surface area contributed by atoms with E-state index in [1.807, 2.05) is 24.3 Å². The van der Waals surface area contributed by atoms with E-state index < -0.39 is 0 Å². The molecule has 0 bridgehead atoms. The minimum Gasteiger partial charge on any atom is -0.497 e. The van der Waals surface area contributed by atoms with E-state index in [-0.39, 0.29) is 0 Å². The van der Waals surface area contributed by atoms with Crippen molar-refractivity contribution < 1.29 is 14.2 Å². The molecule has 1 N–H and O–H groups in total. The zero-order valence-electron chi connectivity index (χ0n) is 12.4. The molecule has 2 aromatic rings. The van der Waals surface area contributed by atoms with Crippen molar-refractivity contribution >= 4 is 5.82 Å². The summed E-state index contributed by atoms with van der Waals surface area (Å²) in [6.07, 6.45) is 0. The number of benzene rings is 1. The quantitative estimate of drug-likeness (QED) is 0.843. The number of ether oxygens (including phenoxy) is 3. The van der Waals surface area contributed by atoms with Crippen molar-refractivity contribution in [2.45, 2.75) is 13.2 Å². The average molecular weight is 289 g/mol. The summed E-state index contributed by atoms with van der Waals surface area (Å²) in [6.45, 7) is 0.991. The lowest BCUT2D eigenvalue weighted by molar-refractivity contribution is 0.177. The highest BCUT2D eigenvalue weighted by Gasteiger charge is 2.05. The molecule has 6 nitrogen and oxygen atoms in total. The summed E-state index contributed by atoms with van der Waals surface area (Å²) < 4.78 is 15.3. The summed E-state index contributed by atoms with van der Waals surface area (Å²) in [5.41, 5.74) is 1.13. The SMILES string of the molecule is COCc1nc(NCc2ccc(OC)cc2)cc(OC)n1. The van der Waals surface area contributed by atoms with Gasteiger partial charge in [-0.05, 0) is 17.7 Å². The minimum absolute atomic E-state index is 0.342. The second kappa shape index (κ2) is 7.44. The van der Waals surface area contributed by atoms with Crippen molar-refractivity contribution in [1.29, 1.82) is 0 Å². The van der Waals surface area contributed by atoms with Crippen LogP contribution in [0.2, 0.25) is 0 Å². The molecule has 0 aliphatic carbocycles. The third-order valence-electron chi connectivity index (χ3n) is 2.86. The van der Waals surface area contributed by atoms with Crippen LogP contribution in [-0.2, 0) is 17.9 Å². The first-order valence-corrected chi connectivity index (χ1v) is 6.53. The van der Waals surface area contributed by atoms with Crippen LogP contribution in [0.25, 0.3) is 0 Å². The van der Waals surface area contributed by atoms with E-state index in [0.29, 0.717) is 30.7 Å². The molecule has 21 heavy (non-hydrogen) atoms. The fourth-order valence-electron chi connectivity index (χ4n) is 1.80. The summed E-state index contributed by atoms with van der Waals surface area (Å²) in [4.78, 5) is 8.57. The zero-order valence-corrected chi connectivity index (χ0v) is 12.4. The van der Waals surface area contributed by atoms with Gasteiger partial charge in [-0.1, -0.05) is 12.1 Å². The van der Waals surface area contributed by atoms with Crippen LogP contribution >= 0.6 is 0 Å². The Labute approximate surface area is 124 Å². The fourth-order valence-corrected chi connectivity index (χ4v) is 1.80. The van der Waals surface area contributed by atoms with Gasteiger partial charge in [0.15, 0.2) is 5.82 Å². The molecule has 0 aliphatic rings. The van der Waals surface area contributed by atoms with Crippen LogP contribution in [0.1, 0.15) is 11.4 Å². The van der Waals surface area contributed by atoms with E-state index in [1.165, 1.54) is 0 Å². The molecule has 1 heterocycles. The number of nitrogens with zero attached hydrogens (tertiary/aromatic N) is 2. The molecule has 0 fully saturated rings. The number of methoxy groups -OCH3 is 3. The van der Waals surface area contributed by atoms with Crippen LogP contribution in [0.15, 0.2) is 30.3 Å². The summed E-state index contributed by atoms with van der Waals surface area (Å²) in [6, 6.07) is 9.60. The first-order chi connectivity index (χ1) is 10.2. The van der Waals surface area contributed by atoms with Crippen LogP contribution in [0.5, 0.6) is 11.6 Å². The monoisotopic (exact) mass is 289 g/mol. The molecule has 0 spiro atoms. The third-order valence-corrected chi connectivity index (χ3v) is 2.86. The lowest BCUT2D eigenvalue weighted by atomic mass is 10.2. The highest BCUT2D eigenvalue weighted by atomic mass is 16.5. The lowest BCUT2D eigenvalue weighted by Crippen LogP contribution is -2.06. The summed E-state index contributed by atoms with van der Waals surface area (Å²) in [5.74, 6) is 2.62. The average Bonchev–Trinajstić information content (AvgIpc) is 2.53. The van der Waals surface area contributed by atoms with Crippen LogP contribution in [-0.4, -0.2) is 31.3 Å². The van der Waals surface area contributed by atoms with Gasteiger partial charge in [0, 0.05) is 19.7 Å². The van der Waals surface area contributed by atoms with E-state index in [1.54, 1.807) is 27.4 Å². The second-order valence-corrected chi connectivity index (χ2v) is 4.35. The molecular weight excluding hydrogens is 270 g/mol. The molecule has 0 unspecified atom stereocenters. The Hall–Kier alpha value is -2.34. The Bertz CT molecular complexity index is 573. The number of anilines is 1. The van der Waals surface area contributed by atoms with E-state index in [0.717, 1.165) is 11.3 Å². The topological polar surface area (TPSA) is 65.5 Å². The summed E-state index contributed by atoms with van der Waals surface area (Å²) in [5, 5.41) is 3.24. The number of hydrogen-bond donors (Lipinski definition) is 1. The van der Waals surface area contributed by atoms with Gasteiger partial charge in [-0.3, -0.25) is 0 Å². The molecule has 6 heteroatoms. The highest BCUT2D eigenvalue weighted by Crippen LogP contribution is 2.16. The largest absolute Gasteiger partial charge is 0.497 e. The van der Waals surface area contributed by atoms with Crippen molar-refractivity contribution in [3.8, 4) is 11.6 Å². The van der Waals surface area contributed by atoms with Gasteiger partial charge < -0.3 is 19.5 Å². The Morgan fingerprint density at radius 2 is 1.76 bits per heavy atom. The minimum atomic E-state index is 0.342. The van der Waals surface area contributed by atoms with Crippen LogP contribution in [0.3, 0.4) is 0 Å². The van der Waals surface area contributed by atoms with Crippen molar-refractivity contribution in [3.05, 3.63) is 41.7 Å². The Kier molecular flexibility index (Phi) is 5.34. The maximum atomic E-state index is 5.16. The van der Waals surface area contributed by atoms with E-state index in [2.05, 4.69) is 15.3 Å². The smallest absolute Gasteiger partial charge is 0.218 e. The molecular formula is C15H19N3O3. The van der Waals surface area contributed by atoms with Gasteiger partial charge in [-0.2, -0.15) is 4.98 Å². The second-order valence-electron chi connectivity index (χ2n) is 4.35.